The number of halogens is 1. The Kier molecular flexibility index (Phi) is 3.81. The van der Waals surface area contributed by atoms with Crippen LogP contribution in [0.1, 0.15) is 13.8 Å². The first-order valence-electron chi connectivity index (χ1n) is 5.54. The SMILES string of the molecule is CC1(C)CNCC(COc2ncc(Cl)cn2)O1. The summed E-state index contributed by atoms with van der Waals surface area (Å²) in [6, 6.07) is 0.321. The van der Waals surface area contributed by atoms with Gasteiger partial charge in [-0.3, -0.25) is 0 Å². The van der Waals surface area contributed by atoms with Gasteiger partial charge in [0.1, 0.15) is 12.7 Å². The van der Waals surface area contributed by atoms with Crippen molar-refractivity contribution in [2.75, 3.05) is 19.7 Å². The maximum atomic E-state index is 5.85. The van der Waals surface area contributed by atoms with Crippen molar-refractivity contribution >= 4 is 11.6 Å². The van der Waals surface area contributed by atoms with E-state index in [1.165, 1.54) is 12.4 Å². The topological polar surface area (TPSA) is 56.3 Å². The van der Waals surface area contributed by atoms with Gasteiger partial charge in [-0.2, -0.15) is 0 Å². The van der Waals surface area contributed by atoms with Gasteiger partial charge in [-0.05, 0) is 13.8 Å². The predicted octanol–water partition coefficient (Wildman–Crippen LogP) is 1.28. The van der Waals surface area contributed by atoms with Gasteiger partial charge in [0.2, 0.25) is 0 Å². The van der Waals surface area contributed by atoms with E-state index in [1.54, 1.807) is 0 Å². The minimum atomic E-state index is -0.160. The van der Waals surface area contributed by atoms with Crippen LogP contribution in [0.25, 0.3) is 0 Å². The lowest BCUT2D eigenvalue weighted by Crippen LogP contribution is -2.52. The van der Waals surface area contributed by atoms with Gasteiger partial charge in [-0.1, -0.05) is 11.6 Å². The van der Waals surface area contributed by atoms with E-state index in [4.69, 9.17) is 21.1 Å². The molecule has 94 valence electrons. The Labute approximate surface area is 105 Å². The van der Waals surface area contributed by atoms with E-state index in [0.717, 1.165) is 13.1 Å². The van der Waals surface area contributed by atoms with Crippen LogP contribution >= 0.6 is 11.6 Å². The first-order chi connectivity index (χ1) is 8.05. The summed E-state index contributed by atoms with van der Waals surface area (Å²) in [4.78, 5) is 7.92. The highest BCUT2D eigenvalue weighted by molar-refractivity contribution is 6.30. The van der Waals surface area contributed by atoms with E-state index in [9.17, 15) is 0 Å². The number of rotatable bonds is 3. The lowest BCUT2D eigenvalue weighted by Gasteiger charge is -2.36. The number of nitrogens with one attached hydrogen (secondary N) is 1. The summed E-state index contributed by atoms with van der Waals surface area (Å²) >= 11 is 5.68. The molecule has 0 radical (unpaired) electrons. The summed E-state index contributed by atoms with van der Waals surface area (Å²) < 4.78 is 11.3. The molecule has 0 saturated carbocycles. The zero-order valence-electron chi connectivity index (χ0n) is 9.94. The van der Waals surface area contributed by atoms with Crippen molar-refractivity contribution in [2.45, 2.75) is 25.6 Å². The summed E-state index contributed by atoms with van der Waals surface area (Å²) in [5.41, 5.74) is -0.160. The van der Waals surface area contributed by atoms with Crippen LogP contribution in [0, 0.1) is 0 Å². The van der Waals surface area contributed by atoms with Crippen LogP contribution in [0.3, 0.4) is 0 Å². The van der Waals surface area contributed by atoms with Crippen molar-refractivity contribution in [3.63, 3.8) is 0 Å². The first kappa shape index (κ1) is 12.5. The third-order valence-electron chi connectivity index (χ3n) is 2.40. The van der Waals surface area contributed by atoms with Crippen molar-refractivity contribution in [1.82, 2.24) is 15.3 Å². The molecule has 0 bridgehead atoms. The van der Waals surface area contributed by atoms with Crippen LogP contribution < -0.4 is 10.1 Å². The highest BCUT2D eigenvalue weighted by Crippen LogP contribution is 2.16. The molecule has 1 fully saturated rings. The maximum Gasteiger partial charge on any atom is 0.316 e. The fourth-order valence-corrected chi connectivity index (χ4v) is 1.80. The average molecular weight is 258 g/mol. The minimum Gasteiger partial charge on any atom is -0.461 e. The number of ether oxygens (including phenoxy) is 2. The lowest BCUT2D eigenvalue weighted by atomic mass is 10.1. The monoisotopic (exact) mass is 257 g/mol. The number of morpholine rings is 1. The molecule has 1 unspecified atom stereocenters. The van der Waals surface area contributed by atoms with E-state index in [2.05, 4.69) is 15.3 Å². The van der Waals surface area contributed by atoms with Gasteiger partial charge < -0.3 is 14.8 Å². The molecule has 1 atom stereocenters. The standard InChI is InChI=1S/C11H16ClN3O2/c1-11(2)7-13-5-9(17-11)6-16-10-14-3-8(12)4-15-10/h3-4,9,13H,5-7H2,1-2H3. The number of nitrogens with zero attached hydrogens (tertiary/aromatic N) is 2. The molecule has 0 aromatic carbocycles. The van der Waals surface area contributed by atoms with Crippen LogP contribution in [-0.2, 0) is 4.74 Å². The van der Waals surface area contributed by atoms with Crippen molar-refractivity contribution in [2.24, 2.45) is 0 Å². The molecule has 6 heteroatoms. The van der Waals surface area contributed by atoms with Gasteiger partial charge in [0.15, 0.2) is 0 Å². The normalized spacial score (nSPS) is 23.4. The van der Waals surface area contributed by atoms with Crippen LogP contribution in [0.15, 0.2) is 12.4 Å². The van der Waals surface area contributed by atoms with Crippen LogP contribution in [0.4, 0.5) is 0 Å². The molecule has 1 aliphatic heterocycles. The zero-order valence-corrected chi connectivity index (χ0v) is 10.7. The molecule has 1 aromatic heterocycles. The summed E-state index contributed by atoms with van der Waals surface area (Å²) in [5, 5.41) is 3.80. The number of aromatic nitrogens is 2. The maximum absolute atomic E-state index is 5.85. The molecule has 5 nitrogen and oxygen atoms in total. The van der Waals surface area contributed by atoms with Gasteiger partial charge >= 0.3 is 6.01 Å². The minimum absolute atomic E-state index is 0.0121. The average Bonchev–Trinajstić information content (AvgIpc) is 2.27. The van der Waals surface area contributed by atoms with E-state index in [0.29, 0.717) is 17.6 Å². The molecular formula is C11H16ClN3O2. The van der Waals surface area contributed by atoms with E-state index in [-0.39, 0.29) is 11.7 Å². The molecule has 1 aromatic rings. The van der Waals surface area contributed by atoms with E-state index < -0.39 is 0 Å². The second-order valence-corrected chi connectivity index (χ2v) is 5.06. The molecule has 1 aliphatic rings. The Bertz CT molecular complexity index is 369. The largest absolute Gasteiger partial charge is 0.461 e. The van der Waals surface area contributed by atoms with Crippen molar-refractivity contribution < 1.29 is 9.47 Å². The van der Waals surface area contributed by atoms with Crippen molar-refractivity contribution in [3.8, 4) is 6.01 Å². The van der Waals surface area contributed by atoms with E-state index >= 15 is 0 Å². The highest BCUT2D eigenvalue weighted by atomic mass is 35.5. The Hall–Kier alpha value is -0.910. The quantitative estimate of drug-likeness (QED) is 0.884. The fraction of sp³-hybridized carbons (Fsp3) is 0.636. The third-order valence-corrected chi connectivity index (χ3v) is 2.60. The first-order valence-corrected chi connectivity index (χ1v) is 5.92. The predicted molar refractivity (Wildman–Crippen MR) is 64.4 cm³/mol. The molecule has 2 heterocycles. The van der Waals surface area contributed by atoms with Crippen LogP contribution in [0.2, 0.25) is 5.02 Å². The molecule has 1 N–H and O–H groups in total. The molecule has 0 amide bonds. The summed E-state index contributed by atoms with van der Waals surface area (Å²) in [7, 11) is 0. The lowest BCUT2D eigenvalue weighted by molar-refractivity contribution is -0.107. The smallest absolute Gasteiger partial charge is 0.316 e. The van der Waals surface area contributed by atoms with Crippen LogP contribution in [0.5, 0.6) is 6.01 Å². The van der Waals surface area contributed by atoms with Crippen molar-refractivity contribution in [1.29, 1.82) is 0 Å². The van der Waals surface area contributed by atoms with Gasteiger partial charge in [0.05, 0.1) is 23.0 Å². The highest BCUT2D eigenvalue weighted by Gasteiger charge is 2.28. The molecule has 1 saturated heterocycles. The molecule has 0 spiro atoms. The third kappa shape index (κ3) is 3.80. The van der Waals surface area contributed by atoms with Gasteiger partial charge in [-0.15, -0.1) is 0 Å². The Morgan fingerprint density at radius 3 is 2.88 bits per heavy atom. The molecule has 2 rings (SSSR count). The number of hydrogen-bond acceptors (Lipinski definition) is 5. The van der Waals surface area contributed by atoms with Gasteiger partial charge in [0.25, 0.3) is 0 Å². The summed E-state index contributed by atoms with van der Waals surface area (Å²) in [6.45, 7) is 6.14. The Balaban J connectivity index is 1.84. The Morgan fingerprint density at radius 2 is 2.24 bits per heavy atom. The summed E-state index contributed by atoms with van der Waals surface area (Å²) in [5.74, 6) is 0. The zero-order chi connectivity index (χ0) is 12.3. The van der Waals surface area contributed by atoms with Gasteiger partial charge in [-0.25, -0.2) is 9.97 Å². The molecular weight excluding hydrogens is 242 g/mol. The van der Waals surface area contributed by atoms with Crippen LogP contribution in [-0.4, -0.2) is 41.4 Å². The second-order valence-electron chi connectivity index (χ2n) is 4.63. The number of hydrogen-bond donors (Lipinski definition) is 1. The molecule has 0 aliphatic carbocycles. The Morgan fingerprint density at radius 1 is 1.53 bits per heavy atom. The summed E-state index contributed by atoms with van der Waals surface area (Å²) in [6.07, 6.45) is 3.03. The van der Waals surface area contributed by atoms with E-state index in [1.807, 2.05) is 13.8 Å². The molecule has 17 heavy (non-hydrogen) atoms. The fourth-order valence-electron chi connectivity index (χ4n) is 1.70. The van der Waals surface area contributed by atoms with Crippen molar-refractivity contribution in [3.05, 3.63) is 17.4 Å². The van der Waals surface area contributed by atoms with Gasteiger partial charge in [0, 0.05) is 13.1 Å². The second kappa shape index (κ2) is 5.16.